The summed E-state index contributed by atoms with van der Waals surface area (Å²) in [7, 11) is 0. The highest BCUT2D eigenvalue weighted by molar-refractivity contribution is 9.10. The Morgan fingerprint density at radius 3 is 2.58 bits per heavy atom. The van der Waals surface area contributed by atoms with Gasteiger partial charge in [-0.2, -0.15) is 5.26 Å². The number of aliphatic hydroxyl groups is 2. The number of halogens is 4. The fourth-order valence-corrected chi connectivity index (χ4v) is 4.50. The van der Waals surface area contributed by atoms with Gasteiger partial charge in [0.25, 0.3) is 0 Å². The summed E-state index contributed by atoms with van der Waals surface area (Å²) in [5.74, 6) is -4.34. The van der Waals surface area contributed by atoms with Gasteiger partial charge in [-0.25, -0.2) is 18.2 Å². The number of benzene rings is 1. The molecule has 1 fully saturated rings. The monoisotopic (exact) mass is 546 g/mol. The Kier molecular flexibility index (Phi) is 8.57. The Bertz CT molecular complexity index is 1060. The Hall–Kier alpha value is -2.34. The predicted molar refractivity (Wildman–Crippen MR) is 116 cm³/mol. The lowest BCUT2D eigenvalue weighted by Crippen LogP contribution is -2.52. The van der Waals surface area contributed by atoms with Crippen LogP contribution < -0.4 is 11.1 Å². The number of nitrogens with zero attached hydrogens (tertiary/aromatic N) is 2. The van der Waals surface area contributed by atoms with Crippen LogP contribution in [-0.2, 0) is 9.47 Å². The number of pyridine rings is 1. The molecular weight excluding hydrogens is 529 g/mol. The number of ether oxygens (including phenoxy) is 2. The van der Waals surface area contributed by atoms with Crippen LogP contribution in [-0.4, -0.2) is 52.3 Å². The van der Waals surface area contributed by atoms with Gasteiger partial charge in [-0.15, -0.1) is 0 Å². The lowest BCUT2D eigenvalue weighted by molar-refractivity contribution is -0.270. The van der Waals surface area contributed by atoms with E-state index < -0.39 is 48.0 Å². The summed E-state index contributed by atoms with van der Waals surface area (Å²) in [6.07, 6.45) is -0.420. The molecule has 1 saturated heterocycles. The number of nitriles is 1. The Morgan fingerprint density at radius 1 is 1.27 bits per heavy atom. The molecule has 0 radical (unpaired) electrons. The molecule has 13 heteroatoms. The van der Waals surface area contributed by atoms with Crippen LogP contribution in [0.5, 0.6) is 0 Å². The van der Waals surface area contributed by atoms with Gasteiger partial charge in [-0.1, -0.05) is 11.8 Å². The number of aromatic nitrogens is 1. The summed E-state index contributed by atoms with van der Waals surface area (Å²) < 4.78 is 51.8. The molecule has 0 spiro atoms. The Balaban J connectivity index is 1.72. The summed E-state index contributed by atoms with van der Waals surface area (Å²) in [5.41, 5.74) is 5.17. The lowest BCUT2D eigenvalue weighted by atomic mass is 10.1. The maximum absolute atomic E-state index is 13.4. The zero-order valence-electron chi connectivity index (χ0n) is 16.7. The minimum atomic E-state index is -1.59. The fraction of sp³-hybridized carbons (Fsp3) is 0.300. The van der Waals surface area contributed by atoms with Crippen molar-refractivity contribution in [1.29, 1.82) is 5.26 Å². The second kappa shape index (κ2) is 11.2. The van der Waals surface area contributed by atoms with Gasteiger partial charge in [-0.05, 0) is 34.1 Å². The van der Waals surface area contributed by atoms with Crippen LogP contribution in [0.15, 0.2) is 40.0 Å². The van der Waals surface area contributed by atoms with E-state index in [1.807, 2.05) is 6.07 Å². The minimum Gasteiger partial charge on any atom is -0.397 e. The van der Waals surface area contributed by atoms with Crippen molar-refractivity contribution < 1.29 is 32.9 Å². The Morgan fingerprint density at radius 2 is 1.97 bits per heavy atom. The minimum absolute atomic E-state index is 0.0462. The molecule has 1 aromatic heterocycles. The van der Waals surface area contributed by atoms with E-state index in [2.05, 4.69) is 26.2 Å². The van der Waals surface area contributed by atoms with Gasteiger partial charge < -0.3 is 30.7 Å². The maximum Gasteiger partial charge on any atom is 0.194 e. The summed E-state index contributed by atoms with van der Waals surface area (Å²) >= 11 is 4.44. The van der Waals surface area contributed by atoms with E-state index in [9.17, 15) is 23.4 Å². The Labute approximate surface area is 199 Å². The summed E-state index contributed by atoms with van der Waals surface area (Å²) in [6.45, 7) is -0.438. The van der Waals surface area contributed by atoms with E-state index in [4.69, 9.17) is 20.5 Å². The quantitative estimate of drug-likeness (QED) is 0.385. The standard InChI is InChI=1S/C20H18BrF3N4O4S/c21-11-3-10(5-28-15(11)4-25)33-20-16(31-19(30)17(8-29)32-20)7-27-6-14(26)9-1-12(22)18(24)13(23)2-9/h1-3,5-6,16-17,19-20,27,29-30H,7-8,26H2/b14-6-. The van der Waals surface area contributed by atoms with Crippen LogP contribution in [0.3, 0.4) is 0 Å². The SMILES string of the molecule is N#Cc1ncc(SC2OC(CO)C(O)OC2CN/C=C(\N)c2cc(F)c(F)c(F)c2)cc1Br. The van der Waals surface area contributed by atoms with Gasteiger partial charge in [-0.3, -0.25) is 0 Å². The first-order valence-electron chi connectivity index (χ1n) is 9.39. The van der Waals surface area contributed by atoms with Crippen LogP contribution >= 0.6 is 27.7 Å². The molecule has 2 heterocycles. The average Bonchev–Trinajstić information content (AvgIpc) is 2.78. The smallest absolute Gasteiger partial charge is 0.194 e. The number of hydrogen-bond donors (Lipinski definition) is 4. The highest BCUT2D eigenvalue weighted by atomic mass is 79.9. The van der Waals surface area contributed by atoms with E-state index in [0.717, 1.165) is 12.1 Å². The van der Waals surface area contributed by atoms with E-state index >= 15 is 0 Å². The second-order valence-corrected chi connectivity index (χ2v) is 8.81. The molecule has 8 nitrogen and oxygen atoms in total. The van der Waals surface area contributed by atoms with Crippen LogP contribution in [0.4, 0.5) is 13.2 Å². The van der Waals surface area contributed by atoms with Crippen molar-refractivity contribution >= 4 is 33.4 Å². The maximum atomic E-state index is 13.4. The normalized spacial score (nSPS) is 23.2. The van der Waals surface area contributed by atoms with Crippen molar-refractivity contribution in [1.82, 2.24) is 10.3 Å². The van der Waals surface area contributed by atoms with E-state index in [-0.39, 0.29) is 23.5 Å². The number of hydrogen-bond acceptors (Lipinski definition) is 9. The van der Waals surface area contributed by atoms with E-state index in [1.165, 1.54) is 24.2 Å². The average molecular weight is 547 g/mol. The van der Waals surface area contributed by atoms with E-state index in [1.54, 1.807) is 6.07 Å². The molecule has 2 aromatic rings. The van der Waals surface area contributed by atoms with Gasteiger partial charge >= 0.3 is 0 Å². The van der Waals surface area contributed by atoms with Crippen LogP contribution in [0.2, 0.25) is 0 Å². The van der Waals surface area contributed by atoms with Gasteiger partial charge in [0.1, 0.15) is 23.7 Å². The molecule has 4 unspecified atom stereocenters. The molecule has 0 amide bonds. The second-order valence-electron chi connectivity index (χ2n) is 6.78. The van der Waals surface area contributed by atoms with Gasteiger partial charge in [0.05, 0.1) is 16.8 Å². The third kappa shape index (κ3) is 6.17. The van der Waals surface area contributed by atoms with Gasteiger partial charge in [0.15, 0.2) is 29.4 Å². The summed E-state index contributed by atoms with van der Waals surface area (Å²) in [6, 6.07) is 5.12. The molecule has 33 heavy (non-hydrogen) atoms. The summed E-state index contributed by atoms with van der Waals surface area (Å²) in [5, 5.41) is 31.3. The van der Waals surface area contributed by atoms with Crippen LogP contribution in [0, 0.1) is 28.8 Å². The first-order chi connectivity index (χ1) is 15.7. The zero-order valence-corrected chi connectivity index (χ0v) is 19.1. The van der Waals surface area contributed by atoms with Crippen molar-refractivity contribution in [3.63, 3.8) is 0 Å². The molecule has 1 aromatic carbocycles. The highest BCUT2D eigenvalue weighted by Crippen LogP contribution is 2.34. The van der Waals surface area contributed by atoms with Gasteiger partial charge in [0.2, 0.25) is 0 Å². The third-order valence-electron chi connectivity index (χ3n) is 4.49. The fourth-order valence-electron chi connectivity index (χ4n) is 2.83. The van der Waals surface area contributed by atoms with Crippen molar-refractivity contribution in [2.24, 2.45) is 5.73 Å². The number of thioether (sulfide) groups is 1. The molecule has 176 valence electrons. The molecule has 5 N–H and O–H groups in total. The molecule has 0 aliphatic carbocycles. The van der Waals surface area contributed by atoms with Crippen molar-refractivity contribution in [2.45, 2.75) is 28.8 Å². The first kappa shape index (κ1) is 25.3. The van der Waals surface area contributed by atoms with Crippen molar-refractivity contribution in [3.8, 4) is 6.07 Å². The number of rotatable bonds is 7. The first-order valence-corrected chi connectivity index (χ1v) is 11.1. The van der Waals surface area contributed by atoms with Crippen LogP contribution in [0.1, 0.15) is 11.3 Å². The van der Waals surface area contributed by atoms with Crippen LogP contribution in [0.25, 0.3) is 5.70 Å². The predicted octanol–water partition coefficient (Wildman–Crippen LogP) is 2.19. The number of nitrogens with two attached hydrogens (primary N) is 1. The lowest BCUT2D eigenvalue weighted by Gasteiger charge is -2.38. The third-order valence-corrected chi connectivity index (χ3v) is 6.24. The van der Waals surface area contributed by atoms with Gasteiger partial charge in [0, 0.05) is 29.4 Å². The van der Waals surface area contributed by atoms with E-state index in [0.29, 0.717) is 9.37 Å². The molecule has 0 bridgehead atoms. The topological polar surface area (TPSA) is 134 Å². The number of nitrogens with one attached hydrogen (secondary N) is 1. The van der Waals surface area contributed by atoms with Crippen molar-refractivity contribution in [2.75, 3.05) is 13.2 Å². The molecule has 1 aliphatic heterocycles. The number of aliphatic hydroxyl groups excluding tert-OH is 2. The largest absolute Gasteiger partial charge is 0.397 e. The molecule has 0 saturated carbocycles. The van der Waals surface area contributed by atoms with Crippen molar-refractivity contribution in [3.05, 3.63) is 63.8 Å². The molecular formula is C20H18BrF3N4O4S. The highest BCUT2D eigenvalue weighted by Gasteiger charge is 2.38. The molecule has 1 aliphatic rings. The molecule has 3 rings (SSSR count). The molecule has 4 atom stereocenters. The summed E-state index contributed by atoms with van der Waals surface area (Å²) in [4.78, 5) is 4.65. The zero-order chi connectivity index (χ0) is 24.1.